The summed E-state index contributed by atoms with van der Waals surface area (Å²) in [5.41, 5.74) is 1.90. The lowest BCUT2D eigenvalue weighted by atomic mass is 10.2. The van der Waals surface area contributed by atoms with Gasteiger partial charge in [-0.15, -0.1) is 10.2 Å². The van der Waals surface area contributed by atoms with Crippen LogP contribution in [0.1, 0.15) is 37.2 Å². The zero-order valence-electron chi connectivity index (χ0n) is 17.1. The highest BCUT2D eigenvalue weighted by molar-refractivity contribution is 7.99. The minimum Gasteiger partial charge on any atom is -0.497 e. The Kier molecular flexibility index (Phi) is 6.13. The number of aromatic nitrogens is 5. The molecule has 0 aliphatic carbocycles. The van der Waals surface area contributed by atoms with Crippen LogP contribution >= 0.6 is 11.8 Å². The van der Waals surface area contributed by atoms with Crippen molar-refractivity contribution < 1.29 is 9.26 Å². The molecule has 0 saturated heterocycles. The van der Waals surface area contributed by atoms with Gasteiger partial charge < -0.3 is 9.26 Å². The molecule has 4 rings (SSSR count). The minimum atomic E-state index is -0.0621. The van der Waals surface area contributed by atoms with Crippen molar-refractivity contribution in [3.05, 3.63) is 66.3 Å². The molecule has 2 heterocycles. The van der Waals surface area contributed by atoms with Crippen molar-refractivity contribution in [1.82, 2.24) is 24.9 Å². The fraction of sp³-hybridized carbons (Fsp3) is 0.273. The maximum atomic E-state index is 5.46. The number of nitrogens with zero attached hydrogens (tertiary/aromatic N) is 5. The summed E-state index contributed by atoms with van der Waals surface area (Å²) in [6, 6.07) is 17.9. The van der Waals surface area contributed by atoms with E-state index in [1.165, 1.54) is 11.8 Å². The van der Waals surface area contributed by atoms with E-state index >= 15 is 0 Å². The third kappa shape index (κ3) is 4.23. The SMILES string of the molecule is CCCc1noc([C@H](C)Sc2nnc(-c3cccc(OC)c3)n2-c2ccccc2)n1. The molecule has 2 aromatic carbocycles. The van der Waals surface area contributed by atoms with Gasteiger partial charge in [0.15, 0.2) is 16.8 Å². The number of rotatable bonds is 8. The smallest absolute Gasteiger partial charge is 0.239 e. The predicted molar refractivity (Wildman–Crippen MR) is 116 cm³/mol. The average Bonchev–Trinajstić information content (AvgIpc) is 3.42. The van der Waals surface area contributed by atoms with Crippen molar-refractivity contribution in [1.29, 1.82) is 0 Å². The molecule has 0 aliphatic rings. The topological polar surface area (TPSA) is 78.9 Å². The molecule has 1 atom stereocenters. The summed E-state index contributed by atoms with van der Waals surface area (Å²) in [5.74, 6) is 2.84. The van der Waals surface area contributed by atoms with Gasteiger partial charge in [-0.25, -0.2) is 0 Å². The molecule has 2 aromatic heterocycles. The fourth-order valence-electron chi connectivity index (χ4n) is 3.07. The van der Waals surface area contributed by atoms with E-state index < -0.39 is 0 Å². The van der Waals surface area contributed by atoms with Gasteiger partial charge in [0.05, 0.1) is 12.4 Å². The number of hydrogen-bond acceptors (Lipinski definition) is 7. The summed E-state index contributed by atoms with van der Waals surface area (Å²) >= 11 is 1.54. The van der Waals surface area contributed by atoms with Crippen molar-refractivity contribution >= 4 is 11.8 Å². The van der Waals surface area contributed by atoms with Crippen LogP contribution in [0.2, 0.25) is 0 Å². The zero-order valence-corrected chi connectivity index (χ0v) is 18.0. The summed E-state index contributed by atoms with van der Waals surface area (Å²) in [7, 11) is 1.65. The molecule has 7 nitrogen and oxygen atoms in total. The second-order valence-electron chi connectivity index (χ2n) is 6.77. The van der Waals surface area contributed by atoms with Gasteiger partial charge in [0, 0.05) is 17.7 Å². The highest BCUT2D eigenvalue weighted by Gasteiger charge is 2.22. The number of thioether (sulfide) groups is 1. The van der Waals surface area contributed by atoms with Crippen molar-refractivity contribution in [3.63, 3.8) is 0 Å². The van der Waals surface area contributed by atoms with E-state index in [0.717, 1.165) is 46.6 Å². The number of hydrogen-bond donors (Lipinski definition) is 0. The number of para-hydroxylation sites is 1. The average molecular weight is 422 g/mol. The number of aryl methyl sites for hydroxylation is 1. The molecular weight excluding hydrogens is 398 g/mol. The summed E-state index contributed by atoms with van der Waals surface area (Å²) in [4.78, 5) is 4.51. The Morgan fingerprint density at radius 2 is 1.93 bits per heavy atom. The van der Waals surface area contributed by atoms with Gasteiger partial charge in [-0.3, -0.25) is 4.57 Å². The van der Waals surface area contributed by atoms with Crippen LogP contribution in [0.15, 0.2) is 64.3 Å². The van der Waals surface area contributed by atoms with Crippen LogP contribution in [0, 0.1) is 0 Å². The Bertz CT molecular complexity index is 1110. The van der Waals surface area contributed by atoms with Crippen molar-refractivity contribution in [2.24, 2.45) is 0 Å². The molecule has 0 saturated carbocycles. The van der Waals surface area contributed by atoms with Gasteiger partial charge in [0.25, 0.3) is 0 Å². The summed E-state index contributed by atoms with van der Waals surface area (Å²) in [5, 5.41) is 13.7. The first-order valence-electron chi connectivity index (χ1n) is 9.84. The second kappa shape index (κ2) is 9.13. The number of benzene rings is 2. The van der Waals surface area contributed by atoms with Crippen molar-refractivity contribution in [2.45, 2.75) is 37.1 Å². The molecule has 0 N–H and O–H groups in total. The largest absolute Gasteiger partial charge is 0.497 e. The van der Waals surface area contributed by atoms with E-state index in [9.17, 15) is 0 Å². The molecule has 0 aliphatic heterocycles. The Balaban J connectivity index is 1.71. The molecule has 0 amide bonds. The first kappa shape index (κ1) is 20.2. The Hall–Kier alpha value is -3.13. The van der Waals surface area contributed by atoms with Crippen LogP contribution in [-0.4, -0.2) is 32.0 Å². The summed E-state index contributed by atoms with van der Waals surface area (Å²) in [6.45, 7) is 4.12. The lowest BCUT2D eigenvalue weighted by Crippen LogP contribution is -2.01. The Labute approximate surface area is 179 Å². The van der Waals surface area contributed by atoms with Crippen molar-refractivity contribution in [3.8, 4) is 22.8 Å². The summed E-state index contributed by atoms with van der Waals surface area (Å²) in [6.07, 6.45) is 1.79. The third-order valence-corrected chi connectivity index (χ3v) is 5.59. The van der Waals surface area contributed by atoms with E-state index in [2.05, 4.69) is 27.3 Å². The van der Waals surface area contributed by atoms with E-state index in [0.29, 0.717) is 5.89 Å². The van der Waals surface area contributed by atoms with Gasteiger partial charge in [-0.05, 0) is 37.6 Å². The van der Waals surface area contributed by atoms with Crippen LogP contribution in [0.4, 0.5) is 0 Å². The Morgan fingerprint density at radius 3 is 2.70 bits per heavy atom. The molecule has 30 heavy (non-hydrogen) atoms. The van der Waals surface area contributed by atoms with Crippen LogP contribution in [0.3, 0.4) is 0 Å². The highest BCUT2D eigenvalue weighted by Crippen LogP contribution is 2.36. The van der Waals surface area contributed by atoms with E-state index in [4.69, 9.17) is 9.26 Å². The Morgan fingerprint density at radius 1 is 1.10 bits per heavy atom. The maximum absolute atomic E-state index is 5.46. The molecular formula is C22H23N5O2S. The molecule has 0 bridgehead atoms. The quantitative estimate of drug-likeness (QED) is 0.365. The lowest BCUT2D eigenvalue weighted by molar-refractivity contribution is 0.374. The van der Waals surface area contributed by atoms with Crippen LogP contribution in [-0.2, 0) is 6.42 Å². The minimum absolute atomic E-state index is 0.0621. The monoisotopic (exact) mass is 421 g/mol. The molecule has 154 valence electrons. The van der Waals surface area contributed by atoms with Crippen molar-refractivity contribution in [2.75, 3.05) is 7.11 Å². The molecule has 0 spiro atoms. The maximum Gasteiger partial charge on any atom is 0.239 e. The van der Waals surface area contributed by atoms with Gasteiger partial charge in [-0.2, -0.15) is 4.98 Å². The normalized spacial score (nSPS) is 12.1. The fourth-order valence-corrected chi connectivity index (χ4v) is 3.97. The third-order valence-electron chi connectivity index (χ3n) is 4.56. The molecule has 0 radical (unpaired) electrons. The standard InChI is InChI=1S/C22H23N5O2S/c1-4-9-19-23-21(29-26-19)15(2)30-22-25-24-20(16-10-8-13-18(14-16)28-3)27(22)17-11-6-5-7-12-17/h5-8,10-15H,4,9H2,1-3H3/t15-/m0/s1. The molecule has 0 unspecified atom stereocenters. The van der Waals surface area contributed by atoms with Gasteiger partial charge >= 0.3 is 0 Å². The molecule has 4 aromatic rings. The van der Waals surface area contributed by atoms with E-state index in [-0.39, 0.29) is 5.25 Å². The summed E-state index contributed by atoms with van der Waals surface area (Å²) < 4.78 is 12.9. The first-order valence-corrected chi connectivity index (χ1v) is 10.7. The van der Waals surface area contributed by atoms with E-state index in [1.54, 1.807) is 7.11 Å². The predicted octanol–water partition coefficient (Wildman–Crippen LogP) is 5.13. The number of methoxy groups -OCH3 is 1. The van der Waals surface area contributed by atoms with Crippen LogP contribution in [0.25, 0.3) is 17.1 Å². The van der Waals surface area contributed by atoms with Crippen LogP contribution < -0.4 is 4.74 Å². The number of ether oxygens (including phenoxy) is 1. The molecule has 8 heteroatoms. The second-order valence-corrected chi connectivity index (χ2v) is 8.08. The van der Waals surface area contributed by atoms with E-state index in [1.807, 2.05) is 66.1 Å². The molecule has 0 fully saturated rings. The first-order chi connectivity index (χ1) is 14.7. The lowest BCUT2D eigenvalue weighted by Gasteiger charge is -2.12. The zero-order chi connectivity index (χ0) is 20.9. The van der Waals surface area contributed by atoms with Gasteiger partial charge in [0.2, 0.25) is 5.89 Å². The van der Waals surface area contributed by atoms with Gasteiger partial charge in [-0.1, -0.05) is 54.2 Å². The van der Waals surface area contributed by atoms with Gasteiger partial charge in [0.1, 0.15) is 5.75 Å². The van der Waals surface area contributed by atoms with Crippen LogP contribution in [0.5, 0.6) is 5.75 Å². The highest BCUT2D eigenvalue weighted by atomic mass is 32.2.